The van der Waals surface area contributed by atoms with Crippen LogP contribution in [-0.4, -0.2) is 19.3 Å². The minimum Gasteiger partial charge on any atom is -0.378 e. The molecule has 2 heterocycles. The Hall–Kier alpha value is -0.380. The van der Waals surface area contributed by atoms with Gasteiger partial charge in [-0.3, -0.25) is 0 Å². The molecule has 15 heavy (non-hydrogen) atoms. The van der Waals surface area contributed by atoms with Crippen LogP contribution >= 0.6 is 11.3 Å². The minimum absolute atomic E-state index is 0.383. The van der Waals surface area contributed by atoms with Gasteiger partial charge in [-0.15, -0.1) is 0 Å². The van der Waals surface area contributed by atoms with Gasteiger partial charge in [-0.1, -0.05) is 6.92 Å². The lowest BCUT2D eigenvalue weighted by molar-refractivity contribution is 0.0956. The molecule has 0 saturated carbocycles. The first-order valence-electron chi connectivity index (χ1n) is 5.70. The Kier molecular flexibility index (Phi) is 3.78. The van der Waals surface area contributed by atoms with Gasteiger partial charge in [-0.05, 0) is 42.3 Å². The van der Waals surface area contributed by atoms with Gasteiger partial charge in [0, 0.05) is 18.6 Å². The molecule has 3 heteroatoms. The molecular formula is C12H19NOS. The van der Waals surface area contributed by atoms with E-state index in [1.807, 2.05) is 0 Å². The van der Waals surface area contributed by atoms with Crippen molar-refractivity contribution in [1.29, 1.82) is 0 Å². The predicted octanol–water partition coefficient (Wildman–Crippen LogP) is 2.82. The van der Waals surface area contributed by atoms with Gasteiger partial charge in [0.05, 0.1) is 6.10 Å². The number of nitrogens with one attached hydrogen (secondary N) is 1. The number of hydrogen-bond donors (Lipinski definition) is 1. The Bertz CT molecular complexity index is 286. The highest BCUT2D eigenvalue weighted by molar-refractivity contribution is 7.07. The molecule has 84 valence electrons. The summed E-state index contributed by atoms with van der Waals surface area (Å²) in [4.78, 5) is 0. The van der Waals surface area contributed by atoms with Gasteiger partial charge in [0.1, 0.15) is 0 Å². The molecule has 0 bridgehead atoms. The summed E-state index contributed by atoms with van der Waals surface area (Å²) in [6.07, 6.45) is 1.56. The van der Waals surface area contributed by atoms with Crippen LogP contribution in [0.3, 0.4) is 0 Å². The first-order valence-corrected chi connectivity index (χ1v) is 6.64. The third-order valence-electron chi connectivity index (χ3n) is 3.19. The third kappa shape index (κ3) is 2.41. The first kappa shape index (κ1) is 11.1. The Morgan fingerprint density at radius 2 is 2.53 bits per heavy atom. The van der Waals surface area contributed by atoms with Crippen LogP contribution in [0.2, 0.25) is 0 Å². The van der Waals surface area contributed by atoms with E-state index in [1.54, 1.807) is 11.3 Å². The number of rotatable bonds is 4. The topological polar surface area (TPSA) is 21.3 Å². The van der Waals surface area contributed by atoms with Crippen LogP contribution in [0.25, 0.3) is 0 Å². The molecule has 1 aromatic rings. The molecule has 1 aliphatic rings. The molecule has 2 nitrogen and oxygen atoms in total. The molecule has 0 amide bonds. The quantitative estimate of drug-likeness (QED) is 0.851. The Morgan fingerprint density at radius 3 is 3.07 bits per heavy atom. The molecule has 2 rings (SSSR count). The summed E-state index contributed by atoms with van der Waals surface area (Å²) in [6.45, 7) is 6.29. The number of thiophene rings is 1. The molecule has 1 aromatic heterocycles. The van der Waals surface area contributed by atoms with Crippen molar-refractivity contribution in [3.63, 3.8) is 0 Å². The first-order chi connectivity index (χ1) is 7.33. The van der Waals surface area contributed by atoms with Crippen LogP contribution in [0, 0.1) is 5.92 Å². The zero-order chi connectivity index (χ0) is 10.7. The molecule has 0 spiro atoms. The molecule has 1 saturated heterocycles. The van der Waals surface area contributed by atoms with Gasteiger partial charge in [-0.2, -0.15) is 11.3 Å². The van der Waals surface area contributed by atoms with Gasteiger partial charge in [-0.25, -0.2) is 0 Å². The minimum atomic E-state index is 0.383. The maximum absolute atomic E-state index is 5.65. The van der Waals surface area contributed by atoms with Crippen LogP contribution in [0.15, 0.2) is 16.8 Å². The molecule has 0 aromatic carbocycles. The molecule has 3 unspecified atom stereocenters. The van der Waals surface area contributed by atoms with Crippen molar-refractivity contribution < 1.29 is 4.74 Å². The average molecular weight is 225 g/mol. The highest BCUT2D eigenvalue weighted by atomic mass is 32.1. The molecular weight excluding hydrogens is 206 g/mol. The maximum Gasteiger partial charge on any atom is 0.0594 e. The summed E-state index contributed by atoms with van der Waals surface area (Å²) in [7, 11) is 0. The highest BCUT2D eigenvalue weighted by Gasteiger charge is 2.32. The number of ether oxygens (including phenoxy) is 1. The van der Waals surface area contributed by atoms with Crippen molar-refractivity contribution in [2.24, 2.45) is 5.92 Å². The van der Waals surface area contributed by atoms with Crippen LogP contribution in [0.4, 0.5) is 0 Å². The fraction of sp³-hybridized carbons (Fsp3) is 0.667. The van der Waals surface area contributed by atoms with Crippen LogP contribution in [0.1, 0.15) is 31.9 Å². The summed E-state index contributed by atoms with van der Waals surface area (Å²) in [5, 5.41) is 7.99. The Balaban J connectivity index is 2.12. The maximum atomic E-state index is 5.65. The zero-order valence-corrected chi connectivity index (χ0v) is 10.2. The summed E-state index contributed by atoms with van der Waals surface area (Å²) in [6, 6.07) is 2.70. The van der Waals surface area contributed by atoms with Crippen molar-refractivity contribution in [3.8, 4) is 0 Å². The van der Waals surface area contributed by atoms with E-state index in [9.17, 15) is 0 Å². The standard InChI is InChI=1S/C12H19NOS/c1-3-13-12(10-5-7-15-8-10)11-4-6-14-9(11)2/h5,7-9,11-13H,3-4,6H2,1-2H3. The van der Waals surface area contributed by atoms with E-state index in [2.05, 4.69) is 36.0 Å². The fourth-order valence-electron chi connectivity index (χ4n) is 2.37. The Morgan fingerprint density at radius 1 is 1.67 bits per heavy atom. The molecule has 0 radical (unpaired) electrons. The Labute approximate surface area is 95.6 Å². The van der Waals surface area contributed by atoms with E-state index in [0.29, 0.717) is 18.1 Å². The lowest BCUT2D eigenvalue weighted by Crippen LogP contribution is -2.31. The largest absolute Gasteiger partial charge is 0.378 e. The van der Waals surface area contributed by atoms with Crippen LogP contribution < -0.4 is 5.32 Å². The van der Waals surface area contributed by atoms with Gasteiger partial charge in [0.2, 0.25) is 0 Å². The summed E-state index contributed by atoms with van der Waals surface area (Å²) in [5.41, 5.74) is 1.42. The normalized spacial score (nSPS) is 28.1. The molecule has 0 aliphatic carbocycles. The molecule has 1 aliphatic heterocycles. The summed E-state index contributed by atoms with van der Waals surface area (Å²) < 4.78 is 5.65. The van der Waals surface area contributed by atoms with Crippen LogP contribution in [-0.2, 0) is 4.74 Å². The van der Waals surface area contributed by atoms with Crippen molar-refractivity contribution in [2.45, 2.75) is 32.4 Å². The van der Waals surface area contributed by atoms with Crippen molar-refractivity contribution in [1.82, 2.24) is 5.32 Å². The summed E-state index contributed by atoms with van der Waals surface area (Å²) in [5.74, 6) is 0.625. The molecule has 1 fully saturated rings. The molecule has 3 atom stereocenters. The highest BCUT2D eigenvalue weighted by Crippen LogP contribution is 2.33. The van der Waals surface area contributed by atoms with Crippen molar-refractivity contribution in [3.05, 3.63) is 22.4 Å². The van der Waals surface area contributed by atoms with Crippen LogP contribution in [0.5, 0.6) is 0 Å². The van der Waals surface area contributed by atoms with E-state index in [-0.39, 0.29) is 0 Å². The molecule has 1 N–H and O–H groups in total. The lowest BCUT2D eigenvalue weighted by Gasteiger charge is -2.26. The monoisotopic (exact) mass is 225 g/mol. The fourth-order valence-corrected chi connectivity index (χ4v) is 3.07. The SMILES string of the molecule is CCNC(c1ccsc1)C1CCOC1C. The van der Waals surface area contributed by atoms with E-state index in [1.165, 1.54) is 12.0 Å². The second-order valence-corrected chi connectivity index (χ2v) is 4.90. The van der Waals surface area contributed by atoms with Gasteiger partial charge in [0.15, 0.2) is 0 Å². The van der Waals surface area contributed by atoms with Gasteiger partial charge < -0.3 is 10.1 Å². The predicted molar refractivity (Wildman–Crippen MR) is 64.3 cm³/mol. The van der Waals surface area contributed by atoms with E-state index in [4.69, 9.17) is 4.74 Å². The lowest BCUT2D eigenvalue weighted by atomic mass is 9.89. The second-order valence-electron chi connectivity index (χ2n) is 4.12. The third-order valence-corrected chi connectivity index (χ3v) is 3.89. The second kappa shape index (κ2) is 5.10. The average Bonchev–Trinajstić information content (AvgIpc) is 2.85. The van der Waals surface area contributed by atoms with E-state index < -0.39 is 0 Å². The zero-order valence-electron chi connectivity index (χ0n) is 9.40. The van der Waals surface area contributed by atoms with Gasteiger partial charge in [0.25, 0.3) is 0 Å². The van der Waals surface area contributed by atoms with Gasteiger partial charge >= 0.3 is 0 Å². The number of hydrogen-bond acceptors (Lipinski definition) is 3. The summed E-state index contributed by atoms with van der Waals surface area (Å²) >= 11 is 1.77. The van der Waals surface area contributed by atoms with Crippen molar-refractivity contribution >= 4 is 11.3 Å². The van der Waals surface area contributed by atoms with E-state index >= 15 is 0 Å². The van der Waals surface area contributed by atoms with E-state index in [0.717, 1.165) is 13.2 Å². The smallest absolute Gasteiger partial charge is 0.0594 e. The van der Waals surface area contributed by atoms with Crippen molar-refractivity contribution in [2.75, 3.05) is 13.2 Å².